The van der Waals surface area contributed by atoms with Crippen molar-refractivity contribution in [2.45, 2.75) is 30.3 Å². The Morgan fingerprint density at radius 3 is 2.81 bits per heavy atom. The van der Waals surface area contributed by atoms with E-state index in [-0.39, 0.29) is 16.8 Å². The molecule has 1 amide bonds. The number of rotatable bonds is 10. The fraction of sp³-hybridized carbons (Fsp3) is 0.750. The van der Waals surface area contributed by atoms with E-state index >= 15 is 0 Å². The number of hydrogen-bond donors (Lipinski definition) is 2. The van der Waals surface area contributed by atoms with Gasteiger partial charge in [0, 0.05) is 33.9 Å². The normalized spacial score (nSPS) is 12.3. The highest BCUT2D eigenvalue weighted by molar-refractivity contribution is 8.00. The minimum Gasteiger partial charge on any atom is -0.385 e. The van der Waals surface area contributed by atoms with E-state index in [0.717, 1.165) is 0 Å². The third-order valence-electron chi connectivity index (χ3n) is 2.71. The van der Waals surface area contributed by atoms with Crippen LogP contribution in [0, 0.1) is 0 Å². The van der Waals surface area contributed by atoms with Crippen molar-refractivity contribution in [3.05, 3.63) is 10.5 Å². The van der Waals surface area contributed by atoms with E-state index in [0.29, 0.717) is 37.9 Å². The van der Waals surface area contributed by atoms with Crippen LogP contribution in [0.1, 0.15) is 13.3 Å². The molecule has 8 nitrogen and oxygen atoms in total. The SMILES string of the molecule is COCCCn1c(S[C@@H](C)C(=O)NCCOC)n[nH]c1=O. The summed E-state index contributed by atoms with van der Waals surface area (Å²) in [5, 5.41) is 9.27. The number of nitrogens with zero attached hydrogens (tertiary/aromatic N) is 2. The number of methoxy groups -OCH3 is 2. The number of amides is 1. The van der Waals surface area contributed by atoms with E-state index in [9.17, 15) is 9.59 Å². The van der Waals surface area contributed by atoms with E-state index in [4.69, 9.17) is 9.47 Å². The van der Waals surface area contributed by atoms with Crippen molar-refractivity contribution in [2.75, 3.05) is 34.0 Å². The predicted octanol–water partition coefficient (Wildman–Crippen LogP) is -0.149. The highest BCUT2D eigenvalue weighted by Crippen LogP contribution is 2.19. The average Bonchev–Trinajstić information content (AvgIpc) is 2.80. The van der Waals surface area contributed by atoms with Crippen LogP contribution in [0.15, 0.2) is 9.95 Å². The molecule has 0 bridgehead atoms. The Morgan fingerprint density at radius 2 is 2.14 bits per heavy atom. The largest absolute Gasteiger partial charge is 0.385 e. The number of ether oxygens (including phenoxy) is 2. The van der Waals surface area contributed by atoms with Gasteiger partial charge >= 0.3 is 5.69 Å². The molecule has 1 heterocycles. The molecule has 0 fully saturated rings. The van der Waals surface area contributed by atoms with Crippen molar-refractivity contribution in [3.8, 4) is 0 Å². The Kier molecular flexibility index (Phi) is 8.09. The van der Waals surface area contributed by atoms with Gasteiger partial charge in [-0.15, -0.1) is 5.10 Å². The molecule has 0 saturated heterocycles. The lowest BCUT2D eigenvalue weighted by molar-refractivity contribution is -0.120. The first-order valence-electron chi connectivity index (χ1n) is 6.67. The van der Waals surface area contributed by atoms with Crippen molar-refractivity contribution >= 4 is 17.7 Å². The van der Waals surface area contributed by atoms with E-state index < -0.39 is 0 Å². The monoisotopic (exact) mass is 318 g/mol. The summed E-state index contributed by atoms with van der Waals surface area (Å²) in [6.45, 7) is 3.76. The maximum atomic E-state index is 11.9. The van der Waals surface area contributed by atoms with Crippen LogP contribution >= 0.6 is 11.8 Å². The predicted molar refractivity (Wildman–Crippen MR) is 79.5 cm³/mol. The number of nitrogens with one attached hydrogen (secondary N) is 2. The van der Waals surface area contributed by atoms with Gasteiger partial charge in [-0.25, -0.2) is 9.89 Å². The lowest BCUT2D eigenvalue weighted by Crippen LogP contribution is -2.33. The third-order valence-corrected chi connectivity index (χ3v) is 3.80. The van der Waals surface area contributed by atoms with Crippen LogP contribution in [0.4, 0.5) is 0 Å². The Bertz CT molecular complexity index is 488. The number of carbonyl (C=O) groups excluding carboxylic acids is 1. The molecular weight excluding hydrogens is 296 g/mol. The molecule has 21 heavy (non-hydrogen) atoms. The maximum absolute atomic E-state index is 11.9. The average molecular weight is 318 g/mol. The summed E-state index contributed by atoms with van der Waals surface area (Å²) in [6, 6.07) is 0. The molecule has 120 valence electrons. The molecule has 0 spiro atoms. The number of aromatic nitrogens is 3. The minimum absolute atomic E-state index is 0.115. The van der Waals surface area contributed by atoms with Gasteiger partial charge in [0.1, 0.15) is 0 Å². The molecule has 0 aliphatic carbocycles. The summed E-state index contributed by atoms with van der Waals surface area (Å²) in [5.74, 6) is -0.115. The van der Waals surface area contributed by atoms with Crippen molar-refractivity contribution in [3.63, 3.8) is 0 Å². The Balaban J connectivity index is 2.57. The molecule has 1 atom stereocenters. The number of carbonyl (C=O) groups is 1. The van der Waals surface area contributed by atoms with Gasteiger partial charge in [0.2, 0.25) is 5.91 Å². The lowest BCUT2D eigenvalue weighted by atomic mass is 10.4. The second kappa shape index (κ2) is 9.59. The van der Waals surface area contributed by atoms with Gasteiger partial charge < -0.3 is 14.8 Å². The van der Waals surface area contributed by atoms with Crippen molar-refractivity contribution in [1.82, 2.24) is 20.1 Å². The fourth-order valence-corrected chi connectivity index (χ4v) is 2.50. The molecule has 0 aliphatic heterocycles. The Hall–Kier alpha value is -1.32. The number of hydrogen-bond acceptors (Lipinski definition) is 6. The quantitative estimate of drug-likeness (QED) is 0.460. The zero-order valence-corrected chi connectivity index (χ0v) is 13.4. The van der Waals surface area contributed by atoms with Gasteiger partial charge in [0.05, 0.1) is 11.9 Å². The molecule has 1 aromatic heterocycles. The third kappa shape index (κ3) is 5.90. The Labute approximate surface area is 127 Å². The van der Waals surface area contributed by atoms with E-state index in [1.54, 1.807) is 21.1 Å². The Morgan fingerprint density at radius 1 is 1.43 bits per heavy atom. The topological polar surface area (TPSA) is 98.2 Å². The van der Waals surface area contributed by atoms with E-state index in [1.807, 2.05) is 0 Å². The summed E-state index contributed by atoms with van der Waals surface area (Å²) in [4.78, 5) is 23.5. The molecular formula is C12H22N4O4S. The minimum atomic E-state index is -0.349. The maximum Gasteiger partial charge on any atom is 0.343 e. The summed E-state index contributed by atoms with van der Waals surface area (Å²) < 4.78 is 11.4. The second-order valence-electron chi connectivity index (χ2n) is 4.35. The molecule has 0 unspecified atom stereocenters. The fourth-order valence-electron chi connectivity index (χ4n) is 1.59. The molecule has 0 radical (unpaired) electrons. The first-order chi connectivity index (χ1) is 10.1. The molecule has 9 heteroatoms. The van der Waals surface area contributed by atoms with Crippen molar-refractivity contribution in [2.24, 2.45) is 0 Å². The van der Waals surface area contributed by atoms with Crippen LogP contribution in [0.25, 0.3) is 0 Å². The molecule has 0 aliphatic rings. The standard InChI is InChI=1S/C12H22N4O4S/c1-9(10(17)13-5-8-20-3)21-12-15-14-11(18)16(12)6-4-7-19-2/h9H,4-8H2,1-3H3,(H,13,17)(H,14,18)/t9-/m0/s1. The van der Waals surface area contributed by atoms with Crippen molar-refractivity contribution < 1.29 is 14.3 Å². The van der Waals surface area contributed by atoms with Gasteiger partial charge in [0.25, 0.3) is 0 Å². The summed E-state index contributed by atoms with van der Waals surface area (Å²) in [6.07, 6.45) is 0.706. The number of thioether (sulfide) groups is 1. The summed E-state index contributed by atoms with van der Waals surface area (Å²) in [7, 11) is 3.19. The second-order valence-corrected chi connectivity index (χ2v) is 5.66. The van der Waals surface area contributed by atoms with Crippen LogP contribution < -0.4 is 11.0 Å². The zero-order chi connectivity index (χ0) is 15.7. The lowest BCUT2D eigenvalue weighted by Gasteiger charge is -2.11. The van der Waals surface area contributed by atoms with Crippen molar-refractivity contribution in [1.29, 1.82) is 0 Å². The number of H-pyrrole nitrogens is 1. The first-order valence-corrected chi connectivity index (χ1v) is 7.55. The number of aromatic amines is 1. The van der Waals surface area contributed by atoms with Crippen LogP contribution in [0.3, 0.4) is 0 Å². The van der Waals surface area contributed by atoms with E-state index in [2.05, 4.69) is 15.5 Å². The van der Waals surface area contributed by atoms with E-state index in [1.165, 1.54) is 16.3 Å². The zero-order valence-electron chi connectivity index (χ0n) is 12.5. The van der Waals surface area contributed by atoms with Crippen LogP contribution in [0.2, 0.25) is 0 Å². The van der Waals surface area contributed by atoms with Crippen LogP contribution in [-0.4, -0.2) is 59.9 Å². The van der Waals surface area contributed by atoms with Crippen LogP contribution in [-0.2, 0) is 20.8 Å². The molecule has 0 saturated carbocycles. The van der Waals surface area contributed by atoms with Gasteiger partial charge in [-0.3, -0.25) is 9.36 Å². The van der Waals surface area contributed by atoms with Crippen LogP contribution in [0.5, 0.6) is 0 Å². The van der Waals surface area contributed by atoms with Gasteiger partial charge in [-0.05, 0) is 13.3 Å². The summed E-state index contributed by atoms with van der Waals surface area (Å²) in [5.41, 5.74) is -0.277. The van der Waals surface area contributed by atoms with Gasteiger partial charge in [-0.2, -0.15) is 0 Å². The highest BCUT2D eigenvalue weighted by atomic mass is 32.2. The smallest absolute Gasteiger partial charge is 0.343 e. The molecule has 0 aromatic carbocycles. The molecule has 1 aromatic rings. The highest BCUT2D eigenvalue weighted by Gasteiger charge is 2.18. The molecule has 2 N–H and O–H groups in total. The summed E-state index contributed by atoms with van der Waals surface area (Å²) >= 11 is 1.24. The van der Waals surface area contributed by atoms with Gasteiger partial charge in [-0.1, -0.05) is 11.8 Å². The van der Waals surface area contributed by atoms with Gasteiger partial charge in [0.15, 0.2) is 5.16 Å². The first kappa shape index (κ1) is 17.7. The molecule has 1 rings (SSSR count).